The average Bonchev–Trinajstić information content (AvgIpc) is 2.35. The molecule has 3 heteroatoms. The normalized spacial score (nSPS) is 10.1. The summed E-state index contributed by atoms with van der Waals surface area (Å²) in [5, 5.41) is 21.8. The fraction of sp³-hybridized carbons (Fsp3) is 0.143. The number of hydrogen-bond acceptors (Lipinski definition) is 3. The van der Waals surface area contributed by atoms with E-state index < -0.39 is 0 Å². The van der Waals surface area contributed by atoms with Crippen molar-refractivity contribution in [3.8, 4) is 11.5 Å². The van der Waals surface area contributed by atoms with Gasteiger partial charge in [-0.25, -0.2) is 0 Å². The highest BCUT2D eigenvalue weighted by Crippen LogP contribution is 2.24. The van der Waals surface area contributed by atoms with Crippen LogP contribution in [0.3, 0.4) is 0 Å². The maximum absolute atomic E-state index is 9.35. The van der Waals surface area contributed by atoms with Gasteiger partial charge in [0.15, 0.2) is 11.5 Å². The van der Waals surface area contributed by atoms with Crippen LogP contribution < -0.4 is 5.32 Å². The van der Waals surface area contributed by atoms with Crippen molar-refractivity contribution >= 4 is 5.69 Å². The van der Waals surface area contributed by atoms with Gasteiger partial charge < -0.3 is 15.5 Å². The second kappa shape index (κ2) is 5.25. The Morgan fingerprint density at radius 3 is 2.35 bits per heavy atom. The molecule has 0 heterocycles. The SMILES string of the molecule is Oc1ccc(CCNc2ccccc2)cc1O. The van der Waals surface area contributed by atoms with Gasteiger partial charge in [0.1, 0.15) is 0 Å². The summed E-state index contributed by atoms with van der Waals surface area (Å²) in [5.41, 5.74) is 2.07. The van der Waals surface area contributed by atoms with E-state index in [0.717, 1.165) is 24.2 Å². The highest BCUT2D eigenvalue weighted by Gasteiger charge is 2.00. The maximum atomic E-state index is 9.35. The molecular formula is C14H15NO2. The number of rotatable bonds is 4. The van der Waals surface area contributed by atoms with E-state index in [0.29, 0.717) is 0 Å². The minimum Gasteiger partial charge on any atom is -0.504 e. The molecule has 0 fully saturated rings. The molecule has 0 saturated carbocycles. The quantitative estimate of drug-likeness (QED) is 0.706. The van der Waals surface area contributed by atoms with Gasteiger partial charge in [-0.15, -0.1) is 0 Å². The molecule has 0 unspecified atom stereocenters. The number of nitrogens with one attached hydrogen (secondary N) is 1. The van der Waals surface area contributed by atoms with Crippen molar-refractivity contribution in [3.63, 3.8) is 0 Å². The third kappa shape index (κ3) is 3.14. The summed E-state index contributed by atoms with van der Waals surface area (Å²) in [7, 11) is 0. The summed E-state index contributed by atoms with van der Waals surface area (Å²) in [6, 6.07) is 14.9. The molecule has 0 atom stereocenters. The molecule has 0 bridgehead atoms. The van der Waals surface area contributed by atoms with Crippen molar-refractivity contribution in [1.82, 2.24) is 0 Å². The van der Waals surface area contributed by atoms with Gasteiger partial charge in [0.05, 0.1) is 0 Å². The van der Waals surface area contributed by atoms with Gasteiger partial charge in [-0.1, -0.05) is 24.3 Å². The van der Waals surface area contributed by atoms with Gasteiger partial charge in [-0.2, -0.15) is 0 Å². The number of para-hydroxylation sites is 1. The van der Waals surface area contributed by atoms with Crippen molar-refractivity contribution in [3.05, 3.63) is 54.1 Å². The molecule has 2 rings (SSSR count). The van der Waals surface area contributed by atoms with E-state index in [9.17, 15) is 10.2 Å². The van der Waals surface area contributed by atoms with Crippen LogP contribution in [-0.4, -0.2) is 16.8 Å². The Hall–Kier alpha value is -2.16. The van der Waals surface area contributed by atoms with Crippen molar-refractivity contribution in [2.24, 2.45) is 0 Å². The van der Waals surface area contributed by atoms with Crippen LogP contribution in [0, 0.1) is 0 Å². The first-order valence-corrected chi connectivity index (χ1v) is 5.55. The summed E-state index contributed by atoms with van der Waals surface area (Å²) in [6.45, 7) is 0.786. The van der Waals surface area contributed by atoms with E-state index in [-0.39, 0.29) is 11.5 Å². The Labute approximate surface area is 100 Å². The van der Waals surface area contributed by atoms with Crippen LogP contribution in [0.5, 0.6) is 11.5 Å². The molecule has 2 aromatic carbocycles. The highest BCUT2D eigenvalue weighted by molar-refractivity contribution is 5.43. The van der Waals surface area contributed by atoms with Gasteiger partial charge >= 0.3 is 0 Å². The zero-order valence-corrected chi connectivity index (χ0v) is 9.43. The topological polar surface area (TPSA) is 52.5 Å². The molecule has 0 aliphatic heterocycles. The monoisotopic (exact) mass is 229 g/mol. The van der Waals surface area contributed by atoms with E-state index in [1.54, 1.807) is 6.07 Å². The Kier molecular flexibility index (Phi) is 3.50. The first kappa shape index (κ1) is 11.3. The Bertz CT molecular complexity index is 483. The molecule has 0 spiro atoms. The van der Waals surface area contributed by atoms with Gasteiger partial charge in [0.2, 0.25) is 0 Å². The van der Waals surface area contributed by atoms with Crippen molar-refractivity contribution < 1.29 is 10.2 Å². The molecule has 0 radical (unpaired) electrons. The van der Waals surface area contributed by atoms with E-state index in [1.807, 2.05) is 36.4 Å². The van der Waals surface area contributed by atoms with Crippen LogP contribution in [0.1, 0.15) is 5.56 Å². The predicted molar refractivity (Wildman–Crippen MR) is 68.4 cm³/mol. The third-order valence-corrected chi connectivity index (χ3v) is 2.56. The van der Waals surface area contributed by atoms with Crippen molar-refractivity contribution in [2.45, 2.75) is 6.42 Å². The summed E-state index contributed by atoms with van der Waals surface area (Å²) in [6.07, 6.45) is 0.794. The van der Waals surface area contributed by atoms with E-state index in [4.69, 9.17) is 0 Å². The molecule has 0 saturated heterocycles. The second-order valence-electron chi connectivity index (χ2n) is 3.87. The molecule has 0 aliphatic carbocycles. The summed E-state index contributed by atoms with van der Waals surface area (Å²) < 4.78 is 0. The lowest BCUT2D eigenvalue weighted by Crippen LogP contribution is -2.04. The largest absolute Gasteiger partial charge is 0.504 e. The third-order valence-electron chi connectivity index (χ3n) is 2.56. The minimum absolute atomic E-state index is 0.0674. The van der Waals surface area contributed by atoms with Crippen LogP contribution >= 0.6 is 0 Å². The second-order valence-corrected chi connectivity index (χ2v) is 3.87. The number of anilines is 1. The maximum Gasteiger partial charge on any atom is 0.157 e. The molecule has 0 aliphatic rings. The van der Waals surface area contributed by atoms with Gasteiger partial charge in [0, 0.05) is 12.2 Å². The fourth-order valence-corrected chi connectivity index (χ4v) is 1.63. The minimum atomic E-state index is -0.0789. The van der Waals surface area contributed by atoms with Crippen LogP contribution in [0.15, 0.2) is 48.5 Å². The molecular weight excluding hydrogens is 214 g/mol. The Morgan fingerprint density at radius 2 is 1.65 bits per heavy atom. The standard InChI is InChI=1S/C14H15NO2/c16-13-7-6-11(10-14(13)17)8-9-15-12-4-2-1-3-5-12/h1-7,10,15-17H,8-9H2. The lowest BCUT2D eigenvalue weighted by Gasteiger charge is -2.07. The first-order chi connectivity index (χ1) is 8.25. The Morgan fingerprint density at radius 1 is 0.882 bits per heavy atom. The van der Waals surface area contributed by atoms with E-state index >= 15 is 0 Å². The molecule has 88 valence electrons. The van der Waals surface area contributed by atoms with Crippen LogP contribution in [0.2, 0.25) is 0 Å². The van der Waals surface area contributed by atoms with Crippen molar-refractivity contribution in [2.75, 3.05) is 11.9 Å². The predicted octanol–water partition coefficient (Wildman–Crippen LogP) is 2.75. The van der Waals surface area contributed by atoms with Crippen LogP contribution in [-0.2, 0) is 6.42 Å². The lowest BCUT2D eigenvalue weighted by molar-refractivity contribution is 0.403. The van der Waals surface area contributed by atoms with Gasteiger partial charge in [-0.05, 0) is 36.2 Å². The zero-order chi connectivity index (χ0) is 12.1. The number of hydrogen-bond donors (Lipinski definition) is 3. The van der Waals surface area contributed by atoms with Crippen molar-refractivity contribution in [1.29, 1.82) is 0 Å². The number of phenols is 2. The molecule has 0 aromatic heterocycles. The molecule has 0 amide bonds. The number of aromatic hydroxyl groups is 2. The molecule has 3 nitrogen and oxygen atoms in total. The highest BCUT2D eigenvalue weighted by atomic mass is 16.3. The van der Waals surface area contributed by atoms with Gasteiger partial charge in [0.25, 0.3) is 0 Å². The average molecular weight is 229 g/mol. The first-order valence-electron chi connectivity index (χ1n) is 5.55. The fourth-order valence-electron chi connectivity index (χ4n) is 1.63. The number of phenolic OH excluding ortho intramolecular Hbond substituents is 2. The molecule has 2 aromatic rings. The van der Waals surface area contributed by atoms with Crippen LogP contribution in [0.25, 0.3) is 0 Å². The summed E-state index contributed by atoms with van der Waals surface area (Å²) in [5.74, 6) is -0.146. The molecule has 3 N–H and O–H groups in total. The zero-order valence-electron chi connectivity index (χ0n) is 9.43. The summed E-state index contributed by atoms with van der Waals surface area (Å²) >= 11 is 0. The van der Waals surface area contributed by atoms with Crippen LogP contribution in [0.4, 0.5) is 5.69 Å². The van der Waals surface area contributed by atoms with E-state index in [1.165, 1.54) is 6.07 Å². The number of benzene rings is 2. The molecule has 17 heavy (non-hydrogen) atoms. The lowest BCUT2D eigenvalue weighted by atomic mass is 10.1. The Balaban J connectivity index is 1.88. The van der Waals surface area contributed by atoms with E-state index in [2.05, 4.69) is 5.32 Å². The van der Waals surface area contributed by atoms with Gasteiger partial charge in [-0.3, -0.25) is 0 Å². The smallest absolute Gasteiger partial charge is 0.157 e. The summed E-state index contributed by atoms with van der Waals surface area (Å²) in [4.78, 5) is 0.